The maximum Gasteiger partial charge on any atom is 0.325 e. The van der Waals surface area contributed by atoms with Crippen LogP contribution in [0.25, 0.3) is 0 Å². The van der Waals surface area contributed by atoms with E-state index >= 15 is 0 Å². The summed E-state index contributed by atoms with van der Waals surface area (Å²) in [6, 6.07) is 13.7. The third kappa shape index (κ3) is 4.10. The van der Waals surface area contributed by atoms with Crippen LogP contribution in [-0.4, -0.2) is 46.9 Å². The SMILES string of the molecule is N#CCC[C@@H](C#N)CN1C(=O)N[C@]2(CCCN(Cc3ccccc3)C2)C1=O. The Kier molecular flexibility index (Phi) is 5.73. The zero-order chi connectivity index (χ0) is 19.3. The molecule has 7 nitrogen and oxygen atoms in total. The molecule has 0 aromatic heterocycles. The lowest BCUT2D eigenvalue weighted by molar-refractivity contribution is -0.133. The molecule has 1 N–H and O–H groups in total. The van der Waals surface area contributed by atoms with Crippen molar-refractivity contribution >= 4 is 11.9 Å². The van der Waals surface area contributed by atoms with Crippen molar-refractivity contribution in [2.75, 3.05) is 19.6 Å². The molecule has 0 aliphatic carbocycles. The summed E-state index contributed by atoms with van der Waals surface area (Å²) in [5, 5.41) is 20.8. The highest BCUT2D eigenvalue weighted by atomic mass is 16.2. The largest absolute Gasteiger partial charge is 0.325 e. The molecule has 140 valence electrons. The molecule has 1 aromatic carbocycles. The van der Waals surface area contributed by atoms with E-state index in [4.69, 9.17) is 5.26 Å². The van der Waals surface area contributed by atoms with Crippen molar-refractivity contribution < 1.29 is 9.59 Å². The molecule has 2 heterocycles. The van der Waals surface area contributed by atoms with Crippen LogP contribution in [0.2, 0.25) is 0 Å². The van der Waals surface area contributed by atoms with Gasteiger partial charge in [-0.3, -0.25) is 14.6 Å². The summed E-state index contributed by atoms with van der Waals surface area (Å²) in [4.78, 5) is 28.9. The van der Waals surface area contributed by atoms with Gasteiger partial charge in [-0.05, 0) is 31.4 Å². The molecular weight excluding hydrogens is 342 g/mol. The van der Waals surface area contributed by atoms with E-state index in [0.29, 0.717) is 19.4 Å². The number of piperidine rings is 1. The first-order valence-corrected chi connectivity index (χ1v) is 9.25. The van der Waals surface area contributed by atoms with Gasteiger partial charge in [0.2, 0.25) is 0 Å². The number of imide groups is 1. The van der Waals surface area contributed by atoms with Crippen molar-refractivity contribution in [3.8, 4) is 12.1 Å². The second-order valence-electron chi connectivity index (χ2n) is 7.25. The van der Waals surface area contributed by atoms with Crippen LogP contribution in [0.1, 0.15) is 31.2 Å². The number of hydrogen-bond acceptors (Lipinski definition) is 5. The summed E-state index contributed by atoms with van der Waals surface area (Å²) in [5.74, 6) is -0.763. The number of hydrogen-bond donors (Lipinski definition) is 1. The van der Waals surface area contributed by atoms with Gasteiger partial charge in [-0.2, -0.15) is 10.5 Å². The van der Waals surface area contributed by atoms with Crippen LogP contribution in [0.5, 0.6) is 0 Å². The lowest BCUT2D eigenvalue weighted by Gasteiger charge is -2.38. The summed E-state index contributed by atoms with van der Waals surface area (Å²) in [5.41, 5.74) is 0.267. The number of nitrogens with zero attached hydrogens (tertiary/aromatic N) is 4. The summed E-state index contributed by atoms with van der Waals surface area (Å²) >= 11 is 0. The number of carbonyl (C=O) groups is 2. The first kappa shape index (κ1) is 18.9. The second-order valence-corrected chi connectivity index (χ2v) is 7.25. The van der Waals surface area contributed by atoms with Gasteiger partial charge in [0.05, 0.1) is 18.1 Å². The molecule has 27 heavy (non-hydrogen) atoms. The third-order valence-corrected chi connectivity index (χ3v) is 5.26. The molecule has 2 fully saturated rings. The van der Waals surface area contributed by atoms with E-state index in [-0.39, 0.29) is 18.9 Å². The normalized spacial score (nSPS) is 23.7. The van der Waals surface area contributed by atoms with Crippen LogP contribution < -0.4 is 5.32 Å². The molecule has 0 saturated carbocycles. The first-order valence-electron chi connectivity index (χ1n) is 9.25. The van der Waals surface area contributed by atoms with Gasteiger partial charge in [-0.25, -0.2) is 4.79 Å². The molecule has 7 heteroatoms. The maximum absolute atomic E-state index is 13.1. The summed E-state index contributed by atoms with van der Waals surface area (Å²) in [7, 11) is 0. The smallest absolute Gasteiger partial charge is 0.322 e. The van der Waals surface area contributed by atoms with Gasteiger partial charge in [-0.15, -0.1) is 0 Å². The van der Waals surface area contributed by atoms with E-state index in [1.807, 2.05) is 24.3 Å². The molecule has 0 radical (unpaired) electrons. The third-order valence-electron chi connectivity index (χ3n) is 5.26. The molecule has 3 amide bonds. The van der Waals surface area contributed by atoms with Crippen LogP contribution in [0.3, 0.4) is 0 Å². The predicted octanol–water partition coefficient (Wildman–Crippen LogP) is 2.02. The van der Waals surface area contributed by atoms with Crippen LogP contribution in [0.4, 0.5) is 4.79 Å². The minimum absolute atomic E-state index is 0.0449. The Morgan fingerprint density at radius 2 is 2.00 bits per heavy atom. The lowest BCUT2D eigenvalue weighted by atomic mass is 9.88. The fourth-order valence-corrected chi connectivity index (χ4v) is 3.90. The standard InChI is InChI=1S/C20H23N5O2/c21-10-4-8-17(12-22)14-25-18(26)20(23-19(25)27)9-5-11-24(15-20)13-16-6-2-1-3-7-16/h1-3,6-7,17H,4-5,8-9,11,13-15H2,(H,23,27)/t17-,20-/m0/s1. The Balaban J connectivity index is 1.69. The average Bonchev–Trinajstić information content (AvgIpc) is 2.89. The van der Waals surface area contributed by atoms with E-state index in [1.165, 1.54) is 5.56 Å². The number of rotatable bonds is 6. The molecule has 2 aliphatic heterocycles. The predicted molar refractivity (Wildman–Crippen MR) is 97.9 cm³/mol. The minimum Gasteiger partial charge on any atom is -0.322 e. The lowest BCUT2D eigenvalue weighted by Crippen LogP contribution is -2.58. The van der Waals surface area contributed by atoms with E-state index in [1.54, 1.807) is 0 Å². The Morgan fingerprint density at radius 3 is 2.70 bits per heavy atom. The highest BCUT2D eigenvalue weighted by Crippen LogP contribution is 2.30. The number of urea groups is 1. The number of benzene rings is 1. The fraction of sp³-hybridized carbons (Fsp3) is 0.500. The average molecular weight is 365 g/mol. The van der Waals surface area contributed by atoms with Gasteiger partial charge < -0.3 is 5.32 Å². The molecule has 0 unspecified atom stereocenters. The summed E-state index contributed by atoms with van der Waals surface area (Å²) in [6.45, 7) is 2.12. The number of nitrogens with one attached hydrogen (secondary N) is 1. The summed E-state index contributed by atoms with van der Waals surface area (Å²) < 4.78 is 0. The zero-order valence-electron chi connectivity index (χ0n) is 15.2. The molecule has 0 bridgehead atoms. The number of likely N-dealkylation sites (tertiary alicyclic amines) is 1. The molecule has 2 saturated heterocycles. The number of amides is 3. The molecule has 1 aromatic rings. The monoisotopic (exact) mass is 365 g/mol. The maximum atomic E-state index is 13.1. The number of nitriles is 2. The number of carbonyl (C=O) groups excluding carboxylic acids is 2. The quantitative estimate of drug-likeness (QED) is 0.777. The topological polar surface area (TPSA) is 100 Å². The van der Waals surface area contributed by atoms with Crippen molar-refractivity contribution in [1.82, 2.24) is 15.1 Å². The zero-order valence-corrected chi connectivity index (χ0v) is 15.2. The minimum atomic E-state index is -0.903. The van der Waals surface area contributed by atoms with Gasteiger partial charge in [0.25, 0.3) is 5.91 Å². The van der Waals surface area contributed by atoms with Gasteiger partial charge >= 0.3 is 6.03 Å². The molecular formula is C20H23N5O2. The van der Waals surface area contributed by atoms with E-state index in [9.17, 15) is 14.9 Å². The van der Waals surface area contributed by atoms with Crippen molar-refractivity contribution in [3.63, 3.8) is 0 Å². The van der Waals surface area contributed by atoms with Gasteiger partial charge in [0, 0.05) is 26.1 Å². The van der Waals surface area contributed by atoms with Crippen LogP contribution in [0, 0.1) is 28.6 Å². The van der Waals surface area contributed by atoms with Crippen molar-refractivity contribution in [2.24, 2.45) is 5.92 Å². The fourth-order valence-electron chi connectivity index (χ4n) is 3.90. The highest BCUT2D eigenvalue weighted by Gasteiger charge is 2.53. The Hall–Kier alpha value is -2.90. The Morgan fingerprint density at radius 1 is 1.22 bits per heavy atom. The van der Waals surface area contributed by atoms with E-state index < -0.39 is 17.5 Å². The molecule has 3 rings (SSSR count). The molecule has 2 aliphatic rings. The van der Waals surface area contributed by atoms with Crippen molar-refractivity contribution in [1.29, 1.82) is 10.5 Å². The Labute approximate surface area is 159 Å². The Bertz CT molecular complexity index is 782. The molecule has 1 spiro atoms. The second kappa shape index (κ2) is 8.20. The van der Waals surface area contributed by atoms with Gasteiger partial charge in [0.15, 0.2) is 0 Å². The summed E-state index contributed by atoms with van der Waals surface area (Å²) in [6.07, 6.45) is 2.02. The van der Waals surface area contributed by atoms with Crippen molar-refractivity contribution in [3.05, 3.63) is 35.9 Å². The molecule has 2 atom stereocenters. The van der Waals surface area contributed by atoms with Gasteiger partial charge in [-0.1, -0.05) is 30.3 Å². The van der Waals surface area contributed by atoms with Gasteiger partial charge in [0.1, 0.15) is 5.54 Å². The first-order chi connectivity index (χ1) is 13.1. The highest BCUT2D eigenvalue weighted by molar-refractivity contribution is 6.07. The van der Waals surface area contributed by atoms with Crippen LogP contribution >= 0.6 is 0 Å². The van der Waals surface area contributed by atoms with Crippen LogP contribution in [-0.2, 0) is 11.3 Å². The van der Waals surface area contributed by atoms with Crippen molar-refractivity contribution in [2.45, 2.75) is 37.8 Å². The van der Waals surface area contributed by atoms with Crippen LogP contribution in [0.15, 0.2) is 30.3 Å². The van der Waals surface area contributed by atoms with E-state index in [2.05, 4.69) is 28.4 Å². The van der Waals surface area contributed by atoms with E-state index in [0.717, 1.165) is 24.4 Å².